The number of hydrogen-bond donors (Lipinski definition) is 3. The Morgan fingerprint density at radius 1 is 1.35 bits per heavy atom. The maximum atomic E-state index is 12.5. The molecule has 0 saturated carbocycles. The predicted molar refractivity (Wildman–Crippen MR) is 110 cm³/mol. The van der Waals surface area contributed by atoms with Crippen molar-refractivity contribution in [3.8, 4) is 0 Å². The highest BCUT2D eigenvalue weighted by Crippen LogP contribution is 2.24. The normalized spacial score (nSPS) is 15.8. The number of carbonyl (C=O) groups is 1. The number of nitrogens with zero attached hydrogens (tertiary/aromatic N) is 2. The van der Waals surface area contributed by atoms with E-state index in [0.717, 1.165) is 43.9 Å². The standard InChI is InChI=1S/C20H33N5O/c1-14(2)13-25(5)16-6-7-17(18(12-16)22-3)19(21)20(26)23-15-8-10-24(4)11-9-15/h6-7,12,14-15,21-22H,8-11,13H2,1-5H3,(H,23,26). The Labute approximate surface area is 157 Å². The first-order valence-electron chi connectivity index (χ1n) is 9.43. The van der Waals surface area contributed by atoms with Crippen LogP contribution in [-0.4, -0.2) is 63.3 Å². The summed E-state index contributed by atoms with van der Waals surface area (Å²) < 4.78 is 0. The lowest BCUT2D eigenvalue weighted by atomic mass is 10.0. The molecule has 6 nitrogen and oxygen atoms in total. The molecule has 0 unspecified atom stereocenters. The molecular weight excluding hydrogens is 326 g/mol. The average Bonchev–Trinajstić information content (AvgIpc) is 2.61. The third-order valence-corrected chi connectivity index (χ3v) is 4.90. The summed E-state index contributed by atoms with van der Waals surface area (Å²) in [7, 11) is 5.98. The zero-order valence-electron chi connectivity index (χ0n) is 16.7. The lowest BCUT2D eigenvalue weighted by Gasteiger charge is -2.29. The second kappa shape index (κ2) is 9.03. The van der Waals surface area contributed by atoms with E-state index in [1.54, 1.807) is 0 Å². The van der Waals surface area contributed by atoms with Gasteiger partial charge >= 0.3 is 0 Å². The van der Waals surface area contributed by atoms with Crippen LogP contribution in [0.1, 0.15) is 32.3 Å². The van der Waals surface area contributed by atoms with Gasteiger partial charge in [0.2, 0.25) is 0 Å². The van der Waals surface area contributed by atoms with Gasteiger partial charge < -0.3 is 20.4 Å². The Kier molecular flexibility index (Phi) is 7.03. The molecule has 0 aromatic heterocycles. The maximum absolute atomic E-state index is 12.5. The van der Waals surface area contributed by atoms with Gasteiger partial charge in [0.1, 0.15) is 5.71 Å². The first-order chi connectivity index (χ1) is 12.3. The van der Waals surface area contributed by atoms with Crippen LogP contribution >= 0.6 is 0 Å². The van der Waals surface area contributed by atoms with Gasteiger partial charge in [-0.3, -0.25) is 10.2 Å². The molecule has 3 N–H and O–H groups in total. The monoisotopic (exact) mass is 359 g/mol. The lowest BCUT2D eigenvalue weighted by molar-refractivity contribution is -0.115. The Bertz CT molecular complexity index is 635. The summed E-state index contributed by atoms with van der Waals surface area (Å²) >= 11 is 0. The third kappa shape index (κ3) is 5.21. The molecule has 1 aromatic rings. The summed E-state index contributed by atoms with van der Waals surface area (Å²) in [6.07, 6.45) is 1.88. The van der Waals surface area contributed by atoms with E-state index in [-0.39, 0.29) is 17.7 Å². The maximum Gasteiger partial charge on any atom is 0.270 e. The number of anilines is 2. The smallest absolute Gasteiger partial charge is 0.270 e. The fraction of sp³-hybridized carbons (Fsp3) is 0.600. The first kappa shape index (κ1) is 20.2. The van der Waals surface area contributed by atoms with Crippen LogP contribution in [0.4, 0.5) is 11.4 Å². The fourth-order valence-electron chi connectivity index (χ4n) is 3.38. The largest absolute Gasteiger partial charge is 0.388 e. The van der Waals surface area contributed by atoms with E-state index in [0.29, 0.717) is 11.5 Å². The van der Waals surface area contributed by atoms with E-state index in [4.69, 9.17) is 5.41 Å². The number of piperidine rings is 1. The number of carbonyl (C=O) groups excluding carboxylic acids is 1. The molecule has 26 heavy (non-hydrogen) atoms. The molecule has 6 heteroatoms. The second-order valence-corrected chi connectivity index (χ2v) is 7.68. The van der Waals surface area contributed by atoms with Crippen molar-refractivity contribution in [1.29, 1.82) is 5.41 Å². The molecular formula is C20H33N5O. The molecule has 0 bridgehead atoms. The van der Waals surface area contributed by atoms with Crippen LogP contribution < -0.4 is 15.5 Å². The van der Waals surface area contributed by atoms with Crippen LogP contribution in [0.3, 0.4) is 0 Å². The van der Waals surface area contributed by atoms with E-state index >= 15 is 0 Å². The zero-order valence-corrected chi connectivity index (χ0v) is 16.7. The first-order valence-corrected chi connectivity index (χ1v) is 9.43. The van der Waals surface area contributed by atoms with Crippen LogP contribution in [0, 0.1) is 11.3 Å². The van der Waals surface area contributed by atoms with Gasteiger partial charge in [-0.2, -0.15) is 0 Å². The fourth-order valence-corrected chi connectivity index (χ4v) is 3.38. The van der Waals surface area contributed by atoms with Gasteiger partial charge in [-0.15, -0.1) is 0 Å². The number of likely N-dealkylation sites (tertiary alicyclic amines) is 1. The number of nitrogens with one attached hydrogen (secondary N) is 3. The van der Waals surface area contributed by atoms with Gasteiger partial charge in [0.15, 0.2) is 0 Å². The van der Waals surface area contributed by atoms with Crippen molar-refractivity contribution >= 4 is 23.0 Å². The van der Waals surface area contributed by atoms with Gasteiger partial charge in [-0.05, 0) is 57.1 Å². The topological polar surface area (TPSA) is 71.5 Å². The van der Waals surface area contributed by atoms with E-state index in [2.05, 4.69) is 48.4 Å². The summed E-state index contributed by atoms with van der Waals surface area (Å²) in [5, 5.41) is 14.5. The van der Waals surface area contributed by atoms with Gasteiger partial charge in [0.25, 0.3) is 5.91 Å². The third-order valence-electron chi connectivity index (χ3n) is 4.90. The van der Waals surface area contributed by atoms with Crippen LogP contribution in [-0.2, 0) is 4.79 Å². The molecule has 0 spiro atoms. The van der Waals surface area contributed by atoms with Gasteiger partial charge in [-0.1, -0.05) is 13.8 Å². The second-order valence-electron chi connectivity index (χ2n) is 7.68. The van der Waals surface area contributed by atoms with Gasteiger partial charge in [0, 0.05) is 43.6 Å². The number of rotatable bonds is 7. The van der Waals surface area contributed by atoms with Crippen LogP contribution in [0.15, 0.2) is 18.2 Å². The summed E-state index contributed by atoms with van der Waals surface area (Å²) in [6.45, 7) is 7.30. The summed E-state index contributed by atoms with van der Waals surface area (Å²) in [4.78, 5) is 17.0. The summed E-state index contributed by atoms with van der Waals surface area (Å²) in [5.41, 5.74) is 2.54. The molecule has 0 atom stereocenters. The van der Waals surface area contributed by atoms with Crippen molar-refractivity contribution in [3.05, 3.63) is 23.8 Å². The van der Waals surface area contributed by atoms with Crippen molar-refractivity contribution in [2.24, 2.45) is 5.92 Å². The Balaban J connectivity index is 2.08. The summed E-state index contributed by atoms with van der Waals surface area (Å²) in [5.74, 6) is 0.274. The van der Waals surface area contributed by atoms with Crippen LogP contribution in [0.25, 0.3) is 0 Å². The molecule has 1 aliphatic heterocycles. The molecule has 1 heterocycles. The predicted octanol–water partition coefficient (Wildman–Crippen LogP) is 2.40. The van der Waals surface area contributed by atoms with Crippen molar-refractivity contribution in [3.63, 3.8) is 0 Å². The highest BCUT2D eigenvalue weighted by atomic mass is 16.1. The molecule has 144 valence electrons. The molecule has 1 fully saturated rings. The molecule has 1 aliphatic rings. The molecule has 1 saturated heterocycles. The lowest BCUT2D eigenvalue weighted by Crippen LogP contribution is -2.45. The highest BCUT2D eigenvalue weighted by molar-refractivity contribution is 6.45. The number of benzene rings is 1. The van der Waals surface area contributed by atoms with E-state index in [1.807, 2.05) is 25.2 Å². The highest BCUT2D eigenvalue weighted by Gasteiger charge is 2.22. The van der Waals surface area contributed by atoms with Crippen molar-refractivity contribution in [1.82, 2.24) is 10.2 Å². The minimum absolute atomic E-state index is 0.0198. The minimum atomic E-state index is -0.292. The van der Waals surface area contributed by atoms with Crippen LogP contribution in [0.2, 0.25) is 0 Å². The van der Waals surface area contributed by atoms with Gasteiger partial charge in [-0.25, -0.2) is 0 Å². The SMILES string of the molecule is CNc1cc(N(C)CC(C)C)ccc1C(=N)C(=O)NC1CCN(C)CC1. The van der Waals surface area contributed by atoms with E-state index < -0.39 is 0 Å². The van der Waals surface area contributed by atoms with Crippen molar-refractivity contribution < 1.29 is 4.79 Å². The molecule has 0 radical (unpaired) electrons. The quantitative estimate of drug-likeness (QED) is 0.654. The molecule has 2 rings (SSSR count). The Hall–Kier alpha value is -2.08. The molecule has 1 amide bonds. The van der Waals surface area contributed by atoms with E-state index in [1.165, 1.54) is 0 Å². The Morgan fingerprint density at radius 3 is 2.58 bits per heavy atom. The molecule has 1 aromatic carbocycles. The zero-order chi connectivity index (χ0) is 19.3. The average molecular weight is 360 g/mol. The van der Waals surface area contributed by atoms with Crippen molar-refractivity contribution in [2.45, 2.75) is 32.7 Å². The number of hydrogen-bond acceptors (Lipinski definition) is 5. The Morgan fingerprint density at radius 2 is 2.00 bits per heavy atom. The van der Waals surface area contributed by atoms with E-state index in [9.17, 15) is 4.79 Å². The van der Waals surface area contributed by atoms with Crippen molar-refractivity contribution in [2.75, 3.05) is 51.0 Å². The summed E-state index contributed by atoms with van der Waals surface area (Å²) in [6, 6.07) is 6.02. The van der Waals surface area contributed by atoms with Crippen LogP contribution in [0.5, 0.6) is 0 Å². The van der Waals surface area contributed by atoms with Gasteiger partial charge in [0.05, 0.1) is 0 Å². The minimum Gasteiger partial charge on any atom is -0.388 e. The number of amides is 1. The molecule has 0 aliphatic carbocycles.